The van der Waals surface area contributed by atoms with Crippen molar-refractivity contribution in [2.24, 2.45) is 7.05 Å². The highest BCUT2D eigenvalue weighted by Crippen LogP contribution is 2.35. The lowest BCUT2D eigenvalue weighted by atomic mass is 9.90. The molecule has 10 heteroatoms. The highest BCUT2D eigenvalue weighted by atomic mass is 35.5. The van der Waals surface area contributed by atoms with E-state index in [-0.39, 0.29) is 23.5 Å². The SMILES string of the molecule is Cn1cc(C(=O)N[C@@H]2CCC[C@H](Nc3cc(C(F)(F)F)nc4ccc(Cl)cc34)C2)cc1Cl. The summed E-state index contributed by atoms with van der Waals surface area (Å²) in [5, 5.41) is 7.65. The number of rotatable bonds is 4. The lowest BCUT2D eigenvalue weighted by Gasteiger charge is -2.31. The lowest BCUT2D eigenvalue weighted by molar-refractivity contribution is -0.140. The molecule has 2 atom stereocenters. The number of alkyl halides is 3. The second-order valence-corrected chi connectivity index (χ2v) is 8.88. The first kappa shape index (κ1) is 22.7. The number of hydrogen-bond acceptors (Lipinski definition) is 3. The van der Waals surface area contributed by atoms with E-state index >= 15 is 0 Å². The lowest BCUT2D eigenvalue weighted by Crippen LogP contribution is -2.41. The number of carbonyl (C=O) groups is 1. The van der Waals surface area contributed by atoms with E-state index in [0.29, 0.717) is 33.2 Å². The Labute approximate surface area is 192 Å². The van der Waals surface area contributed by atoms with Crippen LogP contribution in [0, 0.1) is 0 Å². The zero-order valence-electron chi connectivity index (χ0n) is 17.1. The minimum atomic E-state index is -4.57. The normalized spacial score (nSPS) is 19.2. The maximum atomic E-state index is 13.4. The van der Waals surface area contributed by atoms with Crippen LogP contribution in [0.5, 0.6) is 0 Å². The van der Waals surface area contributed by atoms with Crippen molar-refractivity contribution in [3.05, 3.63) is 58.0 Å². The van der Waals surface area contributed by atoms with E-state index in [1.165, 1.54) is 12.1 Å². The second-order valence-electron chi connectivity index (χ2n) is 8.05. The molecule has 0 radical (unpaired) electrons. The van der Waals surface area contributed by atoms with Crippen molar-refractivity contribution in [1.82, 2.24) is 14.9 Å². The van der Waals surface area contributed by atoms with Gasteiger partial charge in [-0.25, -0.2) is 4.98 Å². The number of aromatic nitrogens is 2. The minimum absolute atomic E-state index is 0.105. The van der Waals surface area contributed by atoms with Gasteiger partial charge >= 0.3 is 6.18 Å². The summed E-state index contributed by atoms with van der Waals surface area (Å²) in [7, 11) is 1.75. The number of anilines is 1. The largest absolute Gasteiger partial charge is 0.433 e. The van der Waals surface area contributed by atoms with Gasteiger partial charge in [-0.2, -0.15) is 13.2 Å². The number of carbonyl (C=O) groups excluding carboxylic acids is 1. The van der Waals surface area contributed by atoms with Crippen molar-refractivity contribution in [3.63, 3.8) is 0 Å². The number of pyridine rings is 1. The fraction of sp³-hybridized carbons (Fsp3) is 0.364. The first-order valence-corrected chi connectivity index (χ1v) is 10.9. The van der Waals surface area contributed by atoms with Crippen LogP contribution < -0.4 is 10.6 Å². The van der Waals surface area contributed by atoms with E-state index < -0.39 is 11.9 Å². The van der Waals surface area contributed by atoms with Crippen molar-refractivity contribution in [3.8, 4) is 0 Å². The molecule has 0 unspecified atom stereocenters. The van der Waals surface area contributed by atoms with Crippen LogP contribution in [-0.4, -0.2) is 27.5 Å². The molecule has 1 fully saturated rings. The van der Waals surface area contributed by atoms with Gasteiger partial charge in [-0.3, -0.25) is 4.79 Å². The summed E-state index contributed by atoms with van der Waals surface area (Å²) in [4.78, 5) is 16.3. The molecule has 2 heterocycles. The van der Waals surface area contributed by atoms with Crippen molar-refractivity contribution < 1.29 is 18.0 Å². The van der Waals surface area contributed by atoms with Crippen LogP contribution in [0.15, 0.2) is 36.5 Å². The van der Waals surface area contributed by atoms with Crippen molar-refractivity contribution in [1.29, 1.82) is 0 Å². The number of aryl methyl sites for hydroxylation is 1. The molecule has 0 saturated heterocycles. The molecule has 0 spiro atoms. The molecule has 1 saturated carbocycles. The minimum Gasteiger partial charge on any atom is -0.382 e. The summed E-state index contributed by atoms with van der Waals surface area (Å²) in [6.07, 6.45) is 0.0641. The number of hydrogen-bond donors (Lipinski definition) is 2. The van der Waals surface area contributed by atoms with Gasteiger partial charge in [0.25, 0.3) is 5.91 Å². The first-order valence-electron chi connectivity index (χ1n) is 10.2. The van der Waals surface area contributed by atoms with Crippen LogP contribution in [0.2, 0.25) is 10.2 Å². The first-order chi connectivity index (χ1) is 15.1. The number of nitrogens with one attached hydrogen (secondary N) is 2. The summed E-state index contributed by atoms with van der Waals surface area (Å²) in [5.41, 5.74) is 0.0543. The molecule has 32 heavy (non-hydrogen) atoms. The summed E-state index contributed by atoms with van der Waals surface area (Å²) in [5.74, 6) is -0.223. The van der Waals surface area contributed by atoms with Gasteiger partial charge < -0.3 is 15.2 Å². The predicted octanol–water partition coefficient (Wildman–Crippen LogP) is 6.05. The molecule has 0 aliphatic heterocycles. The quantitative estimate of drug-likeness (QED) is 0.473. The Morgan fingerprint density at radius 2 is 1.91 bits per heavy atom. The molecule has 5 nitrogen and oxygen atoms in total. The van der Waals surface area contributed by atoms with Crippen LogP contribution >= 0.6 is 23.2 Å². The van der Waals surface area contributed by atoms with Gasteiger partial charge in [0.15, 0.2) is 0 Å². The van der Waals surface area contributed by atoms with Gasteiger partial charge in [0.1, 0.15) is 10.8 Å². The van der Waals surface area contributed by atoms with E-state index in [9.17, 15) is 18.0 Å². The fourth-order valence-electron chi connectivity index (χ4n) is 4.07. The van der Waals surface area contributed by atoms with Crippen LogP contribution in [0.25, 0.3) is 10.9 Å². The van der Waals surface area contributed by atoms with Crippen LogP contribution in [-0.2, 0) is 13.2 Å². The molecule has 2 N–H and O–H groups in total. The van der Waals surface area contributed by atoms with Crippen LogP contribution in [0.4, 0.5) is 18.9 Å². The van der Waals surface area contributed by atoms with Gasteiger partial charge in [-0.1, -0.05) is 23.2 Å². The van der Waals surface area contributed by atoms with Gasteiger partial charge in [-0.05, 0) is 56.0 Å². The molecule has 170 valence electrons. The summed E-state index contributed by atoms with van der Waals surface area (Å²) in [6.45, 7) is 0. The third-order valence-corrected chi connectivity index (χ3v) is 6.25. The number of halogens is 5. The second kappa shape index (κ2) is 8.83. The van der Waals surface area contributed by atoms with E-state index in [0.717, 1.165) is 25.3 Å². The zero-order valence-corrected chi connectivity index (χ0v) is 18.7. The average Bonchev–Trinajstić information content (AvgIpc) is 3.06. The molecule has 1 amide bonds. The molecular formula is C22H21Cl2F3N4O. The van der Waals surface area contributed by atoms with Gasteiger partial charge in [0, 0.05) is 41.4 Å². The Bertz CT molecular complexity index is 1140. The monoisotopic (exact) mass is 484 g/mol. The summed E-state index contributed by atoms with van der Waals surface area (Å²) < 4.78 is 41.8. The van der Waals surface area contributed by atoms with E-state index in [4.69, 9.17) is 23.2 Å². The topological polar surface area (TPSA) is 59.0 Å². The Balaban J connectivity index is 1.53. The van der Waals surface area contributed by atoms with Crippen molar-refractivity contribution >= 4 is 45.7 Å². The van der Waals surface area contributed by atoms with Gasteiger partial charge in [0.05, 0.1) is 11.1 Å². The molecule has 0 bridgehead atoms. The number of nitrogens with zero attached hydrogens (tertiary/aromatic N) is 2. The Morgan fingerprint density at radius 1 is 1.16 bits per heavy atom. The standard InChI is InChI=1S/C22H21Cl2F3N4O/c1-31-11-12(7-20(31)24)21(32)29-15-4-2-3-14(9-15)28-18-10-19(22(25,26)27)30-17-6-5-13(23)8-16(17)18/h5-8,10-11,14-15H,2-4,9H2,1H3,(H,28,30)(H,29,32)/t14-,15+/m0/s1. The Morgan fingerprint density at radius 3 is 2.59 bits per heavy atom. The average molecular weight is 485 g/mol. The van der Waals surface area contributed by atoms with E-state index in [2.05, 4.69) is 15.6 Å². The van der Waals surface area contributed by atoms with Crippen LogP contribution in [0.1, 0.15) is 41.7 Å². The van der Waals surface area contributed by atoms with Gasteiger partial charge in [-0.15, -0.1) is 0 Å². The maximum absolute atomic E-state index is 13.4. The van der Waals surface area contributed by atoms with Crippen molar-refractivity contribution in [2.75, 3.05) is 5.32 Å². The Kier molecular flexibility index (Phi) is 6.27. The van der Waals surface area contributed by atoms with Crippen molar-refractivity contribution in [2.45, 2.75) is 43.9 Å². The molecule has 3 aromatic rings. The van der Waals surface area contributed by atoms with E-state index in [1.807, 2.05) is 0 Å². The maximum Gasteiger partial charge on any atom is 0.433 e. The summed E-state index contributed by atoms with van der Waals surface area (Å²) >= 11 is 12.1. The highest BCUT2D eigenvalue weighted by Gasteiger charge is 2.34. The van der Waals surface area contributed by atoms with Crippen LogP contribution in [0.3, 0.4) is 0 Å². The Hall–Kier alpha value is -2.45. The molecular weight excluding hydrogens is 464 g/mol. The highest BCUT2D eigenvalue weighted by molar-refractivity contribution is 6.31. The molecule has 1 aliphatic rings. The molecule has 4 rings (SSSR count). The predicted molar refractivity (Wildman–Crippen MR) is 119 cm³/mol. The third-order valence-electron chi connectivity index (χ3n) is 5.64. The summed E-state index contributed by atoms with van der Waals surface area (Å²) in [6, 6.07) is 7.00. The molecule has 1 aromatic carbocycles. The number of amides is 1. The number of fused-ring (bicyclic) bond motifs is 1. The smallest absolute Gasteiger partial charge is 0.382 e. The fourth-order valence-corrected chi connectivity index (χ4v) is 4.40. The molecule has 2 aromatic heterocycles. The molecule has 1 aliphatic carbocycles. The zero-order chi connectivity index (χ0) is 23.0. The third kappa shape index (κ3) is 4.96. The van der Waals surface area contributed by atoms with E-state index in [1.54, 1.807) is 29.9 Å². The van der Waals surface area contributed by atoms with Gasteiger partial charge in [0.2, 0.25) is 0 Å². The number of benzene rings is 1.